The Morgan fingerprint density at radius 1 is 1.27 bits per heavy atom. The minimum absolute atomic E-state index is 0.428. The number of nitrogens with one attached hydrogen (secondary N) is 1. The van der Waals surface area contributed by atoms with Gasteiger partial charge in [0.2, 0.25) is 5.91 Å². The van der Waals surface area contributed by atoms with Crippen LogP contribution in [0, 0.1) is 6.92 Å². The molecule has 3 aromatic heterocycles. The number of hydrogen-bond donors (Lipinski definition) is 2. The topological polar surface area (TPSA) is 106 Å². The number of primary amides is 1. The van der Waals surface area contributed by atoms with Gasteiger partial charge in [0.05, 0.1) is 28.6 Å². The lowest BCUT2D eigenvalue weighted by molar-refractivity contribution is -0.122. The van der Waals surface area contributed by atoms with Crippen molar-refractivity contribution >= 4 is 28.4 Å². The fraction of sp³-hybridized carbons (Fsp3) is 0.238. The number of fused-ring (bicyclic) bond motifs is 1. The fourth-order valence-electron chi connectivity index (χ4n) is 3.79. The quantitative estimate of drug-likeness (QED) is 0.513. The van der Waals surface area contributed by atoms with E-state index in [0.717, 1.165) is 44.5 Å². The third-order valence-corrected chi connectivity index (χ3v) is 5.39. The summed E-state index contributed by atoms with van der Waals surface area (Å²) in [7, 11) is 5.48. The van der Waals surface area contributed by atoms with Gasteiger partial charge in [0, 0.05) is 29.8 Å². The van der Waals surface area contributed by atoms with Crippen molar-refractivity contribution in [1.29, 1.82) is 0 Å². The maximum absolute atomic E-state index is 11.9. The number of amides is 1. The molecule has 1 amide bonds. The Bertz CT molecular complexity index is 1230. The molecule has 0 bridgehead atoms. The van der Waals surface area contributed by atoms with Crippen molar-refractivity contribution in [3.8, 4) is 22.5 Å². The minimum atomic E-state index is -0.559. The number of carbonyl (C=O) groups is 1. The lowest BCUT2D eigenvalue weighted by atomic mass is 9.96. The average Bonchev–Trinajstić information content (AvgIpc) is 3.26. The second kappa shape index (κ2) is 7.55. The number of aryl methyl sites for hydroxylation is 2. The Hall–Kier alpha value is -3.23. The summed E-state index contributed by atoms with van der Waals surface area (Å²) in [6.45, 7) is 1.95. The maximum Gasteiger partial charge on any atom is 0.239 e. The lowest BCUT2D eigenvalue weighted by Gasteiger charge is -2.23. The smallest absolute Gasteiger partial charge is 0.239 e. The van der Waals surface area contributed by atoms with E-state index in [0.29, 0.717) is 5.02 Å². The summed E-state index contributed by atoms with van der Waals surface area (Å²) in [5.74, 6) is -0.428. The zero-order chi connectivity index (χ0) is 21.6. The van der Waals surface area contributed by atoms with E-state index in [4.69, 9.17) is 17.3 Å². The van der Waals surface area contributed by atoms with Crippen LogP contribution >= 0.6 is 11.6 Å². The standard InChI is InChI=1S/C21H22ClN7O/c1-11-5-12(20(21(23)30)28(2)3)6-15(22)18(11)16-7-14-17(9-24-16)26-27-19(14)13-8-25-29(4)10-13/h5-10,20H,1-4H3,(H2,23,30)(H,26,27). The largest absolute Gasteiger partial charge is 0.368 e. The molecule has 1 unspecified atom stereocenters. The molecule has 1 atom stereocenters. The number of rotatable bonds is 5. The van der Waals surface area contributed by atoms with E-state index in [-0.39, 0.29) is 0 Å². The second-order valence-corrected chi connectivity index (χ2v) is 7.96. The molecule has 0 spiro atoms. The number of H-pyrrole nitrogens is 1. The first kappa shape index (κ1) is 20.1. The van der Waals surface area contributed by atoms with Crippen molar-refractivity contribution in [2.75, 3.05) is 14.1 Å². The third kappa shape index (κ3) is 3.44. The van der Waals surface area contributed by atoms with E-state index in [1.807, 2.05) is 32.3 Å². The molecule has 0 aliphatic carbocycles. The Labute approximate surface area is 178 Å². The summed E-state index contributed by atoms with van der Waals surface area (Å²) in [6, 6.07) is 5.12. The number of halogens is 1. The van der Waals surface area contributed by atoms with Crippen LogP contribution in [0.5, 0.6) is 0 Å². The predicted octanol–water partition coefficient (Wildman–Crippen LogP) is 3.08. The van der Waals surface area contributed by atoms with Gasteiger partial charge >= 0.3 is 0 Å². The number of nitrogens with zero attached hydrogens (tertiary/aromatic N) is 5. The average molecular weight is 424 g/mol. The summed E-state index contributed by atoms with van der Waals surface area (Å²) in [5.41, 5.74) is 11.3. The molecular formula is C21H22ClN7O. The first-order valence-electron chi connectivity index (χ1n) is 9.35. The van der Waals surface area contributed by atoms with Crippen LogP contribution in [0.15, 0.2) is 36.8 Å². The fourth-order valence-corrected chi connectivity index (χ4v) is 4.16. The third-order valence-electron chi connectivity index (χ3n) is 5.09. The van der Waals surface area contributed by atoms with Gasteiger partial charge in [-0.3, -0.25) is 24.5 Å². The Morgan fingerprint density at radius 2 is 2.03 bits per heavy atom. The highest BCUT2D eigenvalue weighted by molar-refractivity contribution is 6.33. The molecule has 8 nitrogen and oxygen atoms in total. The first-order valence-corrected chi connectivity index (χ1v) is 9.73. The molecular weight excluding hydrogens is 402 g/mol. The molecule has 4 aromatic rings. The molecule has 0 aliphatic rings. The number of pyridine rings is 1. The Balaban J connectivity index is 1.83. The van der Waals surface area contributed by atoms with Crippen LogP contribution in [0.2, 0.25) is 5.02 Å². The molecule has 0 saturated heterocycles. The Kier molecular flexibility index (Phi) is 5.05. The van der Waals surface area contributed by atoms with Crippen LogP contribution in [-0.4, -0.2) is 49.9 Å². The zero-order valence-electron chi connectivity index (χ0n) is 17.1. The van der Waals surface area contributed by atoms with E-state index in [1.54, 1.807) is 42.1 Å². The summed E-state index contributed by atoms with van der Waals surface area (Å²) < 4.78 is 1.73. The molecule has 4 rings (SSSR count). The zero-order valence-corrected chi connectivity index (χ0v) is 17.9. The van der Waals surface area contributed by atoms with Crippen LogP contribution in [-0.2, 0) is 11.8 Å². The van der Waals surface area contributed by atoms with E-state index in [9.17, 15) is 4.79 Å². The number of hydrogen-bond acceptors (Lipinski definition) is 5. The maximum atomic E-state index is 11.9. The van der Waals surface area contributed by atoms with Crippen molar-refractivity contribution in [1.82, 2.24) is 29.9 Å². The van der Waals surface area contributed by atoms with Crippen molar-refractivity contribution < 1.29 is 4.79 Å². The number of aromatic nitrogens is 5. The van der Waals surface area contributed by atoms with Gasteiger partial charge in [0.15, 0.2) is 0 Å². The molecule has 154 valence electrons. The normalized spacial score (nSPS) is 12.6. The molecule has 3 heterocycles. The number of benzene rings is 1. The van der Waals surface area contributed by atoms with Crippen LogP contribution in [0.3, 0.4) is 0 Å². The SMILES string of the molecule is Cc1cc(C(C(N)=O)N(C)C)cc(Cl)c1-c1cc2c(-c3cnn(C)c3)n[nH]c2cn1. The molecule has 0 saturated carbocycles. The highest BCUT2D eigenvalue weighted by Crippen LogP contribution is 2.36. The molecule has 9 heteroatoms. The van der Waals surface area contributed by atoms with E-state index in [2.05, 4.69) is 20.3 Å². The van der Waals surface area contributed by atoms with Crippen molar-refractivity contribution in [3.05, 3.63) is 52.9 Å². The predicted molar refractivity (Wildman–Crippen MR) is 117 cm³/mol. The van der Waals surface area contributed by atoms with E-state index in [1.165, 1.54) is 0 Å². The summed E-state index contributed by atoms with van der Waals surface area (Å²) in [5, 5.41) is 13.1. The Morgan fingerprint density at radius 3 is 2.63 bits per heavy atom. The number of carbonyl (C=O) groups excluding carboxylic acids is 1. The van der Waals surface area contributed by atoms with Gasteiger partial charge in [-0.05, 0) is 44.3 Å². The molecule has 0 fully saturated rings. The number of likely N-dealkylation sites (N-methyl/N-ethyl adjacent to an activating group) is 1. The van der Waals surface area contributed by atoms with Crippen molar-refractivity contribution in [2.24, 2.45) is 12.8 Å². The number of nitrogens with two attached hydrogens (primary N) is 1. The van der Waals surface area contributed by atoms with Crippen LogP contribution in [0.25, 0.3) is 33.4 Å². The van der Waals surface area contributed by atoms with E-state index >= 15 is 0 Å². The minimum Gasteiger partial charge on any atom is -0.368 e. The summed E-state index contributed by atoms with van der Waals surface area (Å²) >= 11 is 6.66. The second-order valence-electron chi connectivity index (χ2n) is 7.55. The van der Waals surface area contributed by atoms with Gasteiger partial charge < -0.3 is 5.73 Å². The van der Waals surface area contributed by atoms with Gasteiger partial charge in [0.1, 0.15) is 11.7 Å². The van der Waals surface area contributed by atoms with Crippen LogP contribution in [0.4, 0.5) is 0 Å². The van der Waals surface area contributed by atoms with Crippen molar-refractivity contribution in [3.63, 3.8) is 0 Å². The molecule has 3 N–H and O–H groups in total. The van der Waals surface area contributed by atoms with Gasteiger partial charge in [-0.25, -0.2) is 0 Å². The van der Waals surface area contributed by atoms with Gasteiger partial charge in [-0.1, -0.05) is 17.7 Å². The molecule has 30 heavy (non-hydrogen) atoms. The van der Waals surface area contributed by atoms with Crippen LogP contribution in [0.1, 0.15) is 17.2 Å². The van der Waals surface area contributed by atoms with Gasteiger partial charge in [-0.2, -0.15) is 10.2 Å². The summed E-state index contributed by atoms with van der Waals surface area (Å²) in [4.78, 5) is 18.3. The molecule has 0 radical (unpaired) electrons. The van der Waals surface area contributed by atoms with Gasteiger partial charge in [-0.15, -0.1) is 0 Å². The lowest BCUT2D eigenvalue weighted by Crippen LogP contribution is -2.32. The van der Waals surface area contributed by atoms with E-state index < -0.39 is 11.9 Å². The summed E-state index contributed by atoms with van der Waals surface area (Å²) in [6.07, 6.45) is 5.43. The molecule has 0 aliphatic heterocycles. The molecule has 1 aromatic carbocycles. The first-order chi connectivity index (χ1) is 14.3. The monoisotopic (exact) mass is 423 g/mol. The van der Waals surface area contributed by atoms with Crippen molar-refractivity contribution in [2.45, 2.75) is 13.0 Å². The number of aromatic amines is 1. The highest BCUT2D eigenvalue weighted by atomic mass is 35.5. The van der Waals surface area contributed by atoms with Crippen LogP contribution < -0.4 is 5.73 Å². The highest BCUT2D eigenvalue weighted by Gasteiger charge is 2.23. The van der Waals surface area contributed by atoms with Gasteiger partial charge in [0.25, 0.3) is 0 Å².